The van der Waals surface area contributed by atoms with Gasteiger partial charge in [-0.1, -0.05) is 54.6 Å². The molecule has 0 aliphatic carbocycles. The van der Waals surface area contributed by atoms with Gasteiger partial charge in [0.2, 0.25) is 0 Å². The van der Waals surface area contributed by atoms with E-state index in [1.54, 1.807) is 6.26 Å². The molecular weight excluding hydrogens is 371 g/mol. The van der Waals surface area contributed by atoms with Gasteiger partial charge in [-0.3, -0.25) is 0 Å². The Balaban J connectivity index is 0.00000210. The second-order valence-corrected chi connectivity index (χ2v) is 10.2. The quantitative estimate of drug-likeness (QED) is 0.475. The molecule has 0 aliphatic heterocycles. The maximum absolute atomic E-state index is 5.89. The zero-order valence-corrected chi connectivity index (χ0v) is 16.9. The Bertz CT molecular complexity index is 841. The first-order chi connectivity index (χ1) is 12.8. The highest BCUT2D eigenvalue weighted by molar-refractivity contribution is 7.95. The van der Waals surface area contributed by atoms with E-state index >= 15 is 0 Å². The first-order valence-electron chi connectivity index (χ1n) is 8.92. The highest BCUT2D eigenvalue weighted by Crippen LogP contribution is 2.66. The van der Waals surface area contributed by atoms with Crippen LogP contribution >= 0.6 is 7.26 Å². The van der Waals surface area contributed by atoms with E-state index in [-0.39, 0.29) is 18.1 Å². The lowest BCUT2D eigenvalue weighted by molar-refractivity contribution is -0.00000552. The number of halogens is 1. The van der Waals surface area contributed by atoms with E-state index in [4.69, 9.17) is 4.42 Å². The van der Waals surface area contributed by atoms with Gasteiger partial charge >= 0.3 is 0 Å². The maximum atomic E-state index is 5.89. The van der Waals surface area contributed by atoms with Gasteiger partial charge in [0.05, 0.1) is 6.26 Å². The summed E-state index contributed by atoms with van der Waals surface area (Å²) in [5.74, 6) is 1.04. The molecule has 1 unspecified atom stereocenters. The lowest BCUT2D eigenvalue weighted by atomic mass is 10.3. The average molecular weight is 393 g/mol. The number of furan rings is 1. The number of benzene rings is 3. The van der Waals surface area contributed by atoms with Crippen molar-refractivity contribution in [3.05, 3.63) is 115 Å². The maximum Gasteiger partial charge on any atom is 0.144 e. The van der Waals surface area contributed by atoms with E-state index < -0.39 is 7.26 Å². The standard InChI is InChI=1S/C24H22OP.ClH/c1-20(24-18-11-19-25-24)26(21-12-5-2-6-13-21,22-14-7-3-8-15-22)23-16-9-4-10-17-23;/h2-20H,1H3;1H/q+1;/p-1. The van der Waals surface area contributed by atoms with Crippen LogP contribution in [0.25, 0.3) is 0 Å². The summed E-state index contributed by atoms with van der Waals surface area (Å²) in [4.78, 5) is 0. The van der Waals surface area contributed by atoms with Gasteiger partial charge in [0, 0.05) is 0 Å². The lowest BCUT2D eigenvalue weighted by Crippen LogP contribution is -3.00. The van der Waals surface area contributed by atoms with Crippen molar-refractivity contribution >= 4 is 23.2 Å². The van der Waals surface area contributed by atoms with E-state index in [1.807, 2.05) is 6.07 Å². The Morgan fingerprint density at radius 3 is 1.33 bits per heavy atom. The smallest absolute Gasteiger partial charge is 0.144 e. The topological polar surface area (TPSA) is 13.1 Å². The molecule has 0 radical (unpaired) electrons. The van der Waals surface area contributed by atoms with Crippen molar-refractivity contribution in [2.45, 2.75) is 12.6 Å². The van der Waals surface area contributed by atoms with Crippen LogP contribution in [0, 0.1) is 0 Å². The molecule has 1 atom stereocenters. The average Bonchev–Trinajstić information content (AvgIpc) is 3.26. The van der Waals surface area contributed by atoms with Crippen molar-refractivity contribution in [3.8, 4) is 0 Å². The summed E-state index contributed by atoms with van der Waals surface area (Å²) >= 11 is 0. The van der Waals surface area contributed by atoms with Gasteiger partial charge in [-0.15, -0.1) is 0 Å². The zero-order valence-electron chi connectivity index (χ0n) is 15.2. The van der Waals surface area contributed by atoms with Crippen LogP contribution < -0.4 is 28.3 Å². The van der Waals surface area contributed by atoms with Crippen LogP contribution in [-0.4, -0.2) is 0 Å². The Morgan fingerprint density at radius 1 is 0.593 bits per heavy atom. The van der Waals surface area contributed by atoms with Crippen LogP contribution in [-0.2, 0) is 0 Å². The molecule has 0 amide bonds. The molecule has 4 rings (SSSR count). The third kappa shape index (κ3) is 3.46. The minimum absolute atomic E-state index is 0. The summed E-state index contributed by atoms with van der Waals surface area (Å²) < 4.78 is 5.89. The van der Waals surface area contributed by atoms with Crippen molar-refractivity contribution in [1.29, 1.82) is 0 Å². The van der Waals surface area contributed by atoms with E-state index in [9.17, 15) is 0 Å². The predicted octanol–water partition coefficient (Wildman–Crippen LogP) is 2.34. The summed E-state index contributed by atoms with van der Waals surface area (Å²) in [5, 5.41) is 4.13. The fraction of sp³-hybridized carbons (Fsp3) is 0.0833. The molecule has 136 valence electrons. The molecule has 27 heavy (non-hydrogen) atoms. The van der Waals surface area contributed by atoms with Crippen molar-refractivity contribution in [3.63, 3.8) is 0 Å². The minimum atomic E-state index is -1.93. The fourth-order valence-electron chi connectivity index (χ4n) is 3.83. The SMILES string of the molecule is CC(c1ccco1)[P+](c1ccccc1)(c1ccccc1)c1ccccc1.[Cl-]. The van der Waals surface area contributed by atoms with E-state index in [2.05, 4.69) is 104 Å². The van der Waals surface area contributed by atoms with Crippen molar-refractivity contribution in [2.75, 3.05) is 0 Å². The third-order valence-corrected chi connectivity index (χ3v) is 9.78. The van der Waals surface area contributed by atoms with Gasteiger partial charge in [-0.25, -0.2) is 0 Å². The predicted molar refractivity (Wildman–Crippen MR) is 112 cm³/mol. The summed E-state index contributed by atoms with van der Waals surface area (Å²) in [5.41, 5.74) is 0.240. The number of hydrogen-bond donors (Lipinski definition) is 0. The monoisotopic (exact) mass is 392 g/mol. The van der Waals surface area contributed by atoms with Gasteiger partial charge in [-0.2, -0.15) is 0 Å². The number of rotatable bonds is 5. The van der Waals surface area contributed by atoms with Crippen molar-refractivity contribution in [1.82, 2.24) is 0 Å². The van der Waals surface area contributed by atoms with Gasteiger partial charge < -0.3 is 16.8 Å². The van der Waals surface area contributed by atoms with E-state index in [0.29, 0.717) is 0 Å². The summed E-state index contributed by atoms with van der Waals surface area (Å²) in [6.07, 6.45) is 1.78. The molecule has 3 aromatic carbocycles. The lowest BCUT2D eigenvalue weighted by Gasteiger charge is -2.31. The van der Waals surface area contributed by atoms with Crippen LogP contribution in [0.5, 0.6) is 0 Å². The molecule has 0 aliphatic rings. The molecule has 1 nitrogen and oxygen atoms in total. The highest BCUT2D eigenvalue weighted by atomic mass is 35.5. The zero-order chi connectivity index (χ0) is 17.8. The molecule has 0 spiro atoms. The first kappa shape index (κ1) is 19.4. The summed E-state index contributed by atoms with van der Waals surface area (Å²) in [6, 6.07) is 36.8. The molecular formula is C24H22ClOP. The fourth-order valence-corrected chi connectivity index (χ4v) is 8.52. The molecule has 0 N–H and O–H groups in total. The van der Waals surface area contributed by atoms with E-state index in [1.165, 1.54) is 15.9 Å². The Labute approximate surface area is 167 Å². The summed E-state index contributed by atoms with van der Waals surface area (Å²) in [6.45, 7) is 2.31. The minimum Gasteiger partial charge on any atom is -1.00 e. The molecule has 0 bridgehead atoms. The normalized spacial score (nSPS) is 12.2. The summed E-state index contributed by atoms with van der Waals surface area (Å²) in [7, 11) is -1.93. The Kier molecular flexibility index (Phi) is 6.16. The van der Waals surface area contributed by atoms with Gasteiger partial charge in [0.15, 0.2) is 0 Å². The Hall–Kier alpha value is -2.34. The second kappa shape index (κ2) is 8.57. The molecule has 1 aromatic heterocycles. The van der Waals surface area contributed by atoms with Gasteiger partial charge in [0.1, 0.15) is 34.6 Å². The Morgan fingerprint density at radius 2 is 1.00 bits per heavy atom. The molecule has 0 saturated carbocycles. The second-order valence-electron chi connectivity index (χ2n) is 6.42. The van der Waals surface area contributed by atoms with Crippen LogP contribution in [0.2, 0.25) is 0 Å². The van der Waals surface area contributed by atoms with Crippen molar-refractivity contribution in [2.24, 2.45) is 0 Å². The molecule has 3 heteroatoms. The first-order valence-corrected chi connectivity index (χ1v) is 10.8. The van der Waals surface area contributed by atoms with E-state index in [0.717, 1.165) is 5.76 Å². The number of hydrogen-bond acceptors (Lipinski definition) is 1. The molecule has 1 heterocycles. The van der Waals surface area contributed by atoms with Crippen molar-refractivity contribution < 1.29 is 16.8 Å². The highest BCUT2D eigenvalue weighted by Gasteiger charge is 2.51. The van der Waals surface area contributed by atoms with Crippen LogP contribution in [0.15, 0.2) is 114 Å². The largest absolute Gasteiger partial charge is 1.00 e. The molecule has 4 aromatic rings. The van der Waals surface area contributed by atoms with Crippen LogP contribution in [0.4, 0.5) is 0 Å². The van der Waals surface area contributed by atoms with Gasteiger partial charge in [-0.05, 0) is 55.5 Å². The molecule has 0 fully saturated rings. The van der Waals surface area contributed by atoms with Crippen LogP contribution in [0.1, 0.15) is 18.3 Å². The van der Waals surface area contributed by atoms with Crippen LogP contribution in [0.3, 0.4) is 0 Å². The molecule has 0 saturated heterocycles. The van der Waals surface area contributed by atoms with Gasteiger partial charge in [0.25, 0.3) is 0 Å². The third-order valence-electron chi connectivity index (χ3n) is 5.03.